The van der Waals surface area contributed by atoms with Crippen molar-refractivity contribution in [1.29, 1.82) is 0 Å². The highest BCUT2D eigenvalue weighted by atomic mass is 127. The topological polar surface area (TPSA) is 48.9 Å². The summed E-state index contributed by atoms with van der Waals surface area (Å²) >= 11 is 0. The first-order valence-electron chi connectivity index (χ1n) is 10.2. The van der Waals surface area contributed by atoms with Gasteiger partial charge in [0.2, 0.25) is 0 Å². The minimum atomic E-state index is 0. The fraction of sp³-hybridized carbons (Fsp3) is 0.947. The van der Waals surface area contributed by atoms with Gasteiger partial charge in [-0.15, -0.1) is 24.0 Å². The average Bonchev–Trinajstić information content (AvgIpc) is 3.15. The number of unbranched alkanes of at least 4 members (excludes halogenated alkanes) is 3. The summed E-state index contributed by atoms with van der Waals surface area (Å²) in [7, 11) is 0. The van der Waals surface area contributed by atoms with Crippen LogP contribution in [0.25, 0.3) is 0 Å². The minimum absolute atomic E-state index is 0. The van der Waals surface area contributed by atoms with E-state index in [1.54, 1.807) is 0 Å². The molecule has 0 aromatic rings. The largest absolute Gasteiger partial charge is 0.381 e. The zero-order valence-electron chi connectivity index (χ0n) is 16.3. The van der Waals surface area contributed by atoms with Crippen molar-refractivity contribution >= 4 is 29.9 Å². The van der Waals surface area contributed by atoms with Gasteiger partial charge < -0.3 is 15.4 Å². The molecule has 0 aromatic heterocycles. The van der Waals surface area contributed by atoms with Crippen LogP contribution in [0.5, 0.6) is 0 Å². The second-order valence-electron chi connectivity index (χ2n) is 7.21. The molecule has 0 radical (unpaired) electrons. The highest BCUT2D eigenvalue weighted by Gasteiger charge is 2.39. The predicted molar refractivity (Wildman–Crippen MR) is 117 cm³/mol. The summed E-state index contributed by atoms with van der Waals surface area (Å²) in [5, 5.41) is 6.93. The molecule has 5 nitrogen and oxygen atoms in total. The van der Waals surface area contributed by atoms with Gasteiger partial charge in [-0.3, -0.25) is 9.89 Å². The van der Waals surface area contributed by atoms with Gasteiger partial charge in [-0.2, -0.15) is 0 Å². The molecular weight excluding hydrogens is 427 g/mol. The Morgan fingerprint density at radius 3 is 2.40 bits per heavy atom. The standard InChI is InChI=1S/C19H38N4O.HI/c1-3-5-6-7-12-21-18(20-4-2)22-17-19(10-15-24-16-11-19)23-13-8-9-14-23;/h3-17H2,1-2H3,(H2,20,21,22);1H. The fourth-order valence-corrected chi connectivity index (χ4v) is 3.84. The molecule has 0 aromatic carbocycles. The van der Waals surface area contributed by atoms with Crippen LogP contribution in [-0.4, -0.2) is 62.3 Å². The Kier molecular flexibility index (Phi) is 12.1. The van der Waals surface area contributed by atoms with Gasteiger partial charge in [0.25, 0.3) is 0 Å². The van der Waals surface area contributed by atoms with Crippen LogP contribution in [0, 0.1) is 0 Å². The molecule has 2 N–H and O–H groups in total. The quantitative estimate of drug-likeness (QED) is 0.237. The third kappa shape index (κ3) is 7.59. The Balaban J connectivity index is 0.00000312. The number of hydrogen-bond acceptors (Lipinski definition) is 3. The number of hydrogen-bond donors (Lipinski definition) is 2. The van der Waals surface area contributed by atoms with Crippen molar-refractivity contribution in [2.75, 3.05) is 45.9 Å². The van der Waals surface area contributed by atoms with E-state index in [1.807, 2.05) is 0 Å². The van der Waals surface area contributed by atoms with E-state index in [0.717, 1.165) is 51.6 Å². The first-order chi connectivity index (χ1) is 11.8. The van der Waals surface area contributed by atoms with E-state index >= 15 is 0 Å². The molecule has 2 aliphatic rings. The van der Waals surface area contributed by atoms with Crippen molar-refractivity contribution in [1.82, 2.24) is 15.5 Å². The molecule has 0 spiro atoms. The molecule has 0 unspecified atom stereocenters. The van der Waals surface area contributed by atoms with E-state index in [-0.39, 0.29) is 29.5 Å². The van der Waals surface area contributed by atoms with Crippen LogP contribution < -0.4 is 10.6 Å². The number of halogens is 1. The minimum Gasteiger partial charge on any atom is -0.381 e. The van der Waals surface area contributed by atoms with Gasteiger partial charge in [0.15, 0.2) is 5.96 Å². The van der Waals surface area contributed by atoms with Crippen molar-refractivity contribution in [2.45, 2.75) is 70.8 Å². The number of guanidine groups is 1. The molecule has 0 aliphatic carbocycles. The van der Waals surface area contributed by atoms with Gasteiger partial charge >= 0.3 is 0 Å². The zero-order chi connectivity index (χ0) is 17.1. The number of ether oxygens (including phenoxy) is 1. The normalized spacial score (nSPS) is 21.0. The Bertz CT molecular complexity index is 366. The Labute approximate surface area is 171 Å². The van der Waals surface area contributed by atoms with Crippen LogP contribution in [0.1, 0.15) is 65.2 Å². The van der Waals surface area contributed by atoms with Crippen LogP contribution in [0.3, 0.4) is 0 Å². The molecule has 0 saturated carbocycles. The van der Waals surface area contributed by atoms with Crippen LogP contribution in [0.2, 0.25) is 0 Å². The molecule has 0 bridgehead atoms. The molecular formula is C19H39IN4O. The lowest BCUT2D eigenvalue weighted by Crippen LogP contribution is -2.54. The summed E-state index contributed by atoms with van der Waals surface area (Å²) in [5.41, 5.74) is 0.222. The maximum atomic E-state index is 5.63. The fourth-order valence-electron chi connectivity index (χ4n) is 3.84. The highest BCUT2D eigenvalue weighted by molar-refractivity contribution is 14.0. The predicted octanol–water partition coefficient (Wildman–Crippen LogP) is 3.38. The van der Waals surface area contributed by atoms with E-state index in [9.17, 15) is 0 Å². The van der Waals surface area contributed by atoms with Crippen LogP contribution in [-0.2, 0) is 4.74 Å². The van der Waals surface area contributed by atoms with Crippen LogP contribution >= 0.6 is 24.0 Å². The van der Waals surface area contributed by atoms with Gasteiger partial charge in [-0.1, -0.05) is 26.2 Å². The number of nitrogens with zero attached hydrogens (tertiary/aromatic N) is 2. The highest BCUT2D eigenvalue weighted by Crippen LogP contribution is 2.31. The number of aliphatic imine (C=N–C) groups is 1. The Morgan fingerprint density at radius 1 is 1.04 bits per heavy atom. The van der Waals surface area contributed by atoms with Gasteiger partial charge in [0.1, 0.15) is 0 Å². The first-order valence-corrected chi connectivity index (χ1v) is 10.2. The number of nitrogens with one attached hydrogen (secondary N) is 2. The van der Waals surface area contributed by atoms with Gasteiger partial charge in [0, 0.05) is 31.8 Å². The van der Waals surface area contributed by atoms with Crippen molar-refractivity contribution in [3.63, 3.8) is 0 Å². The Hall–Kier alpha value is -0.0800. The molecule has 148 valence electrons. The molecule has 2 heterocycles. The monoisotopic (exact) mass is 466 g/mol. The SMILES string of the molecule is CCCCCCNC(=NCC1(N2CCCC2)CCOCC1)NCC.I. The molecule has 2 rings (SSSR count). The second-order valence-corrected chi connectivity index (χ2v) is 7.21. The second kappa shape index (κ2) is 13.1. The average molecular weight is 466 g/mol. The number of likely N-dealkylation sites (tertiary alicyclic amines) is 1. The van der Waals surface area contributed by atoms with Crippen LogP contribution in [0.4, 0.5) is 0 Å². The lowest BCUT2D eigenvalue weighted by molar-refractivity contribution is -0.0139. The lowest BCUT2D eigenvalue weighted by Gasteiger charge is -2.43. The van der Waals surface area contributed by atoms with E-state index < -0.39 is 0 Å². The molecule has 6 heteroatoms. The van der Waals surface area contributed by atoms with Crippen LogP contribution in [0.15, 0.2) is 4.99 Å². The Morgan fingerprint density at radius 2 is 1.76 bits per heavy atom. The summed E-state index contributed by atoms with van der Waals surface area (Å²) in [6.07, 6.45) is 10.0. The van der Waals surface area contributed by atoms with Crippen molar-refractivity contribution < 1.29 is 4.74 Å². The maximum Gasteiger partial charge on any atom is 0.191 e. The molecule has 2 fully saturated rings. The lowest BCUT2D eigenvalue weighted by atomic mass is 9.88. The van der Waals surface area contributed by atoms with Crippen molar-refractivity contribution in [2.24, 2.45) is 4.99 Å². The van der Waals surface area contributed by atoms with Crippen molar-refractivity contribution in [3.05, 3.63) is 0 Å². The molecule has 0 atom stereocenters. The first kappa shape index (κ1) is 23.0. The van der Waals surface area contributed by atoms with E-state index in [4.69, 9.17) is 9.73 Å². The van der Waals surface area contributed by atoms with E-state index in [2.05, 4.69) is 29.4 Å². The molecule has 2 aliphatic heterocycles. The smallest absolute Gasteiger partial charge is 0.191 e. The van der Waals surface area contributed by atoms with Crippen molar-refractivity contribution in [3.8, 4) is 0 Å². The maximum absolute atomic E-state index is 5.63. The summed E-state index contributed by atoms with van der Waals surface area (Å²) in [6, 6.07) is 0. The van der Waals surface area contributed by atoms with Gasteiger partial charge in [-0.25, -0.2) is 0 Å². The van der Waals surface area contributed by atoms with Gasteiger partial charge in [-0.05, 0) is 52.1 Å². The summed E-state index contributed by atoms with van der Waals surface area (Å²) < 4.78 is 5.63. The summed E-state index contributed by atoms with van der Waals surface area (Å²) in [6.45, 7) is 11.4. The van der Waals surface area contributed by atoms with E-state index in [0.29, 0.717) is 0 Å². The third-order valence-electron chi connectivity index (χ3n) is 5.40. The zero-order valence-corrected chi connectivity index (χ0v) is 18.6. The van der Waals surface area contributed by atoms with Gasteiger partial charge in [0.05, 0.1) is 6.54 Å². The summed E-state index contributed by atoms with van der Waals surface area (Å²) in [4.78, 5) is 7.65. The third-order valence-corrected chi connectivity index (χ3v) is 5.40. The molecule has 25 heavy (non-hydrogen) atoms. The molecule has 0 amide bonds. The van der Waals surface area contributed by atoms with E-state index in [1.165, 1.54) is 51.6 Å². The molecule has 2 saturated heterocycles. The number of rotatable bonds is 9. The summed E-state index contributed by atoms with van der Waals surface area (Å²) in [5.74, 6) is 0.985.